The number of thiazole rings is 1. The number of carbonyl (C=O) groups excluding carboxylic acids is 1. The molecular weight excluding hydrogens is 253 g/mol. The molecule has 0 saturated carbocycles. The van der Waals surface area contributed by atoms with E-state index in [1.165, 1.54) is 23.5 Å². The first-order valence-corrected chi connectivity index (χ1v) is 6.28. The van der Waals surface area contributed by atoms with Crippen molar-refractivity contribution in [3.05, 3.63) is 41.3 Å². The molecule has 94 valence electrons. The first-order chi connectivity index (χ1) is 8.72. The minimum atomic E-state index is -0.308. The van der Waals surface area contributed by atoms with E-state index >= 15 is 0 Å². The predicted molar refractivity (Wildman–Crippen MR) is 68.9 cm³/mol. The highest BCUT2D eigenvalue weighted by Gasteiger charge is 2.15. The van der Waals surface area contributed by atoms with Gasteiger partial charge in [0.2, 0.25) is 0 Å². The summed E-state index contributed by atoms with van der Waals surface area (Å²) >= 11 is 1.34. The van der Waals surface area contributed by atoms with Crippen LogP contribution in [0.4, 0.5) is 4.39 Å². The smallest absolute Gasteiger partial charge is 0.271 e. The Morgan fingerprint density at radius 1 is 1.39 bits per heavy atom. The molecule has 0 saturated heterocycles. The molecule has 0 unspecified atom stereocenters. The zero-order chi connectivity index (χ0) is 13.0. The molecule has 0 aliphatic rings. The summed E-state index contributed by atoms with van der Waals surface area (Å²) < 4.78 is 12.8. The summed E-state index contributed by atoms with van der Waals surface area (Å²) in [5.41, 5.74) is 8.04. The van der Waals surface area contributed by atoms with Crippen molar-refractivity contribution in [1.82, 2.24) is 10.3 Å². The summed E-state index contributed by atoms with van der Waals surface area (Å²) in [7, 11) is 0. The molecule has 18 heavy (non-hydrogen) atoms. The number of amides is 1. The third-order valence-electron chi connectivity index (χ3n) is 2.32. The fourth-order valence-electron chi connectivity index (χ4n) is 1.48. The van der Waals surface area contributed by atoms with E-state index in [0.717, 1.165) is 10.4 Å². The lowest BCUT2D eigenvalue weighted by atomic mass is 10.1. The van der Waals surface area contributed by atoms with Gasteiger partial charge in [-0.2, -0.15) is 0 Å². The number of hydrogen-bond donors (Lipinski definition) is 2. The van der Waals surface area contributed by atoms with Crippen LogP contribution in [0, 0.1) is 5.82 Å². The third kappa shape index (κ3) is 2.72. The van der Waals surface area contributed by atoms with Crippen LogP contribution >= 0.6 is 11.3 Å². The molecule has 1 amide bonds. The molecule has 1 aromatic carbocycles. The second-order valence-electron chi connectivity index (χ2n) is 3.58. The fourth-order valence-corrected chi connectivity index (χ4v) is 2.28. The number of aromatic nitrogens is 1. The third-order valence-corrected chi connectivity index (χ3v) is 3.19. The number of nitrogens with one attached hydrogen (secondary N) is 1. The van der Waals surface area contributed by atoms with Crippen molar-refractivity contribution >= 4 is 17.2 Å². The van der Waals surface area contributed by atoms with Gasteiger partial charge in [0, 0.05) is 13.1 Å². The molecule has 2 aromatic rings. The Balaban J connectivity index is 2.27. The van der Waals surface area contributed by atoms with E-state index in [2.05, 4.69) is 10.3 Å². The first kappa shape index (κ1) is 12.7. The first-order valence-electron chi connectivity index (χ1n) is 5.40. The number of halogens is 1. The summed E-state index contributed by atoms with van der Waals surface area (Å²) in [5.74, 6) is -0.571. The van der Waals surface area contributed by atoms with E-state index in [0.29, 0.717) is 18.8 Å². The molecule has 0 radical (unpaired) electrons. The Morgan fingerprint density at radius 3 is 2.78 bits per heavy atom. The van der Waals surface area contributed by atoms with Crippen LogP contribution < -0.4 is 11.1 Å². The van der Waals surface area contributed by atoms with Gasteiger partial charge in [-0.1, -0.05) is 12.1 Å². The number of nitrogens with zero attached hydrogens (tertiary/aromatic N) is 1. The van der Waals surface area contributed by atoms with E-state index in [4.69, 9.17) is 5.73 Å². The maximum absolute atomic E-state index is 12.8. The number of benzene rings is 1. The number of hydrogen-bond acceptors (Lipinski definition) is 4. The molecule has 0 bridgehead atoms. The summed E-state index contributed by atoms with van der Waals surface area (Å²) in [6.45, 7) is 0.779. The van der Waals surface area contributed by atoms with Crippen LogP contribution in [0.2, 0.25) is 0 Å². The van der Waals surface area contributed by atoms with Gasteiger partial charge < -0.3 is 11.1 Å². The lowest BCUT2D eigenvalue weighted by Gasteiger charge is -2.03. The molecule has 4 nitrogen and oxygen atoms in total. The molecule has 1 aromatic heterocycles. The highest BCUT2D eigenvalue weighted by atomic mass is 32.1. The molecule has 0 spiro atoms. The topological polar surface area (TPSA) is 68.0 Å². The summed E-state index contributed by atoms with van der Waals surface area (Å²) in [5, 5.41) is 2.66. The molecule has 0 aliphatic heterocycles. The van der Waals surface area contributed by atoms with Crippen LogP contribution in [-0.4, -0.2) is 24.0 Å². The molecule has 2 rings (SSSR count). The minimum Gasteiger partial charge on any atom is -0.349 e. The molecule has 0 fully saturated rings. The van der Waals surface area contributed by atoms with Crippen LogP contribution in [0.3, 0.4) is 0 Å². The van der Waals surface area contributed by atoms with E-state index in [1.54, 1.807) is 17.6 Å². The second-order valence-corrected chi connectivity index (χ2v) is 4.44. The SMILES string of the molecule is NCCNC(=O)c1ncsc1-c1ccc(F)cc1. The van der Waals surface area contributed by atoms with Crippen molar-refractivity contribution in [2.75, 3.05) is 13.1 Å². The quantitative estimate of drug-likeness (QED) is 0.883. The number of nitrogens with two attached hydrogens (primary N) is 1. The lowest BCUT2D eigenvalue weighted by Crippen LogP contribution is -2.29. The average Bonchev–Trinajstić information content (AvgIpc) is 2.86. The molecule has 0 atom stereocenters. The van der Waals surface area contributed by atoms with Gasteiger partial charge in [-0.25, -0.2) is 9.37 Å². The van der Waals surface area contributed by atoms with Crippen LogP contribution in [-0.2, 0) is 0 Å². The van der Waals surface area contributed by atoms with Crippen LogP contribution in [0.5, 0.6) is 0 Å². The predicted octanol–water partition coefficient (Wildman–Crippen LogP) is 1.64. The summed E-state index contributed by atoms with van der Waals surface area (Å²) in [4.78, 5) is 16.6. The van der Waals surface area contributed by atoms with Gasteiger partial charge >= 0.3 is 0 Å². The lowest BCUT2D eigenvalue weighted by molar-refractivity contribution is 0.0951. The van der Waals surface area contributed by atoms with E-state index in [-0.39, 0.29) is 11.7 Å². The van der Waals surface area contributed by atoms with Crippen molar-refractivity contribution in [3.8, 4) is 10.4 Å². The zero-order valence-corrected chi connectivity index (χ0v) is 10.3. The van der Waals surface area contributed by atoms with Gasteiger partial charge in [0.05, 0.1) is 10.4 Å². The molecule has 3 N–H and O–H groups in total. The van der Waals surface area contributed by atoms with Crippen molar-refractivity contribution in [1.29, 1.82) is 0 Å². The van der Waals surface area contributed by atoms with Gasteiger partial charge in [0.25, 0.3) is 5.91 Å². The standard InChI is InChI=1S/C12H12FN3OS/c13-9-3-1-8(2-4-9)11-10(16-7-18-11)12(17)15-6-5-14/h1-4,7H,5-6,14H2,(H,15,17). The molecule has 0 aliphatic carbocycles. The Hall–Kier alpha value is -1.79. The largest absolute Gasteiger partial charge is 0.349 e. The van der Waals surface area contributed by atoms with E-state index in [1.807, 2.05) is 0 Å². The van der Waals surface area contributed by atoms with Gasteiger partial charge in [0.1, 0.15) is 11.5 Å². The summed E-state index contributed by atoms with van der Waals surface area (Å²) in [6, 6.07) is 5.97. The van der Waals surface area contributed by atoms with Gasteiger partial charge in [-0.15, -0.1) is 11.3 Å². The van der Waals surface area contributed by atoms with Crippen LogP contribution in [0.1, 0.15) is 10.5 Å². The Bertz CT molecular complexity index is 539. The molecule has 1 heterocycles. The number of rotatable bonds is 4. The number of carbonyl (C=O) groups is 1. The maximum atomic E-state index is 12.8. The zero-order valence-electron chi connectivity index (χ0n) is 9.52. The second kappa shape index (κ2) is 5.70. The van der Waals surface area contributed by atoms with E-state index in [9.17, 15) is 9.18 Å². The Labute approximate surface area is 108 Å². The van der Waals surface area contributed by atoms with Crippen LogP contribution in [0.15, 0.2) is 29.8 Å². The minimum absolute atomic E-state index is 0.263. The van der Waals surface area contributed by atoms with Gasteiger partial charge in [-0.05, 0) is 17.7 Å². The van der Waals surface area contributed by atoms with Crippen molar-refractivity contribution < 1.29 is 9.18 Å². The van der Waals surface area contributed by atoms with Crippen molar-refractivity contribution in [3.63, 3.8) is 0 Å². The highest BCUT2D eigenvalue weighted by Crippen LogP contribution is 2.27. The normalized spacial score (nSPS) is 10.3. The maximum Gasteiger partial charge on any atom is 0.271 e. The highest BCUT2D eigenvalue weighted by molar-refractivity contribution is 7.13. The molecule has 6 heteroatoms. The Morgan fingerprint density at radius 2 is 2.11 bits per heavy atom. The van der Waals surface area contributed by atoms with E-state index < -0.39 is 0 Å². The monoisotopic (exact) mass is 265 g/mol. The van der Waals surface area contributed by atoms with Gasteiger partial charge in [0.15, 0.2) is 0 Å². The summed E-state index contributed by atoms with van der Waals surface area (Å²) in [6.07, 6.45) is 0. The van der Waals surface area contributed by atoms with Crippen LogP contribution in [0.25, 0.3) is 10.4 Å². The van der Waals surface area contributed by atoms with Crippen molar-refractivity contribution in [2.24, 2.45) is 5.73 Å². The molecular formula is C12H12FN3OS. The van der Waals surface area contributed by atoms with Gasteiger partial charge in [-0.3, -0.25) is 4.79 Å². The Kier molecular flexibility index (Phi) is 4.01. The van der Waals surface area contributed by atoms with Crippen molar-refractivity contribution in [2.45, 2.75) is 0 Å². The fraction of sp³-hybridized carbons (Fsp3) is 0.167. The average molecular weight is 265 g/mol.